The highest BCUT2D eigenvalue weighted by Crippen LogP contribution is 2.36. The molecule has 3 aromatic rings. The summed E-state index contributed by atoms with van der Waals surface area (Å²) in [4.78, 5) is 20.3. The molecule has 106 valence electrons. The van der Waals surface area contributed by atoms with Gasteiger partial charge in [-0.15, -0.1) is 11.3 Å². The van der Waals surface area contributed by atoms with E-state index in [-0.39, 0.29) is 22.9 Å². The quantitative estimate of drug-likeness (QED) is 0.804. The van der Waals surface area contributed by atoms with Gasteiger partial charge < -0.3 is 5.32 Å². The Morgan fingerprint density at radius 1 is 1.38 bits per heavy atom. The molecular weight excluding hydrogens is 313 g/mol. The van der Waals surface area contributed by atoms with E-state index in [1.165, 1.54) is 12.4 Å². The smallest absolute Gasteiger partial charge is 0.263 e. The van der Waals surface area contributed by atoms with Gasteiger partial charge in [-0.05, 0) is 18.2 Å². The number of amides is 1. The van der Waals surface area contributed by atoms with E-state index in [2.05, 4.69) is 15.3 Å². The summed E-state index contributed by atoms with van der Waals surface area (Å²) >= 11 is 7.29. The standard InChI is InChI=1S/C14H9ClFN3OS/c15-12-11-9(16)2-1-3-10(11)21-13(12)14(20)18-6-8-4-5-17-7-19-8/h1-5,7H,6H2,(H,18,20). The molecule has 0 saturated heterocycles. The van der Waals surface area contributed by atoms with Crippen LogP contribution in [-0.2, 0) is 6.54 Å². The number of halogens is 2. The minimum Gasteiger partial charge on any atom is -0.346 e. The SMILES string of the molecule is O=C(NCc1ccncn1)c1sc2cccc(F)c2c1Cl. The molecule has 2 aromatic heterocycles. The molecule has 1 amide bonds. The zero-order valence-corrected chi connectivity index (χ0v) is 12.2. The lowest BCUT2D eigenvalue weighted by atomic mass is 10.2. The molecule has 0 spiro atoms. The molecule has 0 aliphatic heterocycles. The van der Waals surface area contributed by atoms with Crippen molar-refractivity contribution in [2.45, 2.75) is 6.54 Å². The van der Waals surface area contributed by atoms with Crippen LogP contribution in [0.5, 0.6) is 0 Å². The minimum absolute atomic E-state index is 0.147. The summed E-state index contributed by atoms with van der Waals surface area (Å²) in [6.45, 7) is 0.258. The van der Waals surface area contributed by atoms with Gasteiger partial charge in [0.25, 0.3) is 5.91 Å². The first kappa shape index (κ1) is 13.9. The van der Waals surface area contributed by atoms with Crippen molar-refractivity contribution in [2.75, 3.05) is 0 Å². The van der Waals surface area contributed by atoms with Crippen molar-refractivity contribution in [3.63, 3.8) is 0 Å². The van der Waals surface area contributed by atoms with Gasteiger partial charge in [0.2, 0.25) is 0 Å². The summed E-state index contributed by atoms with van der Waals surface area (Å²) in [6, 6.07) is 6.35. The Hall–Kier alpha value is -2.05. The minimum atomic E-state index is -0.427. The highest BCUT2D eigenvalue weighted by molar-refractivity contribution is 7.21. The van der Waals surface area contributed by atoms with Gasteiger partial charge in [-0.2, -0.15) is 0 Å². The van der Waals surface area contributed by atoms with E-state index in [0.29, 0.717) is 15.3 Å². The van der Waals surface area contributed by atoms with Crippen LogP contribution < -0.4 is 5.32 Å². The summed E-state index contributed by atoms with van der Waals surface area (Å²) in [5, 5.41) is 3.15. The van der Waals surface area contributed by atoms with Crippen LogP contribution in [0.2, 0.25) is 5.02 Å². The number of benzene rings is 1. The molecule has 0 aliphatic rings. The number of nitrogens with zero attached hydrogens (tertiary/aromatic N) is 2. The number of carbonyl (C=O) groups excluding carboxylic acids is 1. The molecule has 2 heterocycles. The second-order valence-electron chi connectivity index (χ2n) is 4.24. The maximum absolute atomic E-state index is 13.7. The summed E-state index contributed by atoms with van der Waals surface area (Å²) in [7, 11) is 0. The van der Waals surface area contributed by atoms with Crippen LogP contribution in [0, 0.1) is 5.82 Å². The topological polar surface area (TPSA) is 54.9 Å². The number of carbonyl (C=O) groups is 1. The predicted molar refractivity (Wildman–Crippen MR) is 80.0 cm³/mol. The van der Waals surface area contributed by atoms with Gasteiger partial charge in [0.15, 0.2) is 0 Å². The summed E-state index contributed by atoms with van der Waals surface area (Å²) < 4.78 is 14.4. The fourth-order valence-corrected chi connectivity index (χ4v) is 3.36. The third-order valence-corrected chi connectivity index (χ3v) is 4.53. The van der Waals surface area contributed by atoms with Crippen molar-refractivity contribution in [3.05, 3.63) is 58.2 Å². The molecule has 1 aromatic carbocycles. The molecule has 0 bridgehead atoms. The Bertz CT molecular complexity index is 807. The van der Waals surface area contributed by atoms with Crippen molar-refractivity contribution >= 4 is 38.9 Å². The Kier molecular flexibility index (Phi) is 3.81. The van der Waals surface area contributed by atoms with Gasteiger partial charge in [-0.25, -0.2) is 14.4 Å². The molecule has 21 heavy (non-hydrogen) atoms. The molecule has 7 heteroatoms. The molecule has 0 aliphatic carbocycles. The number of aromatic nitrogens is 2. The fourth-order valence-electron chi connectivity index (χ4n) is 1.89. The zero-order chi connectivity index (χ0) is 14.8. The molecule has 0 saturated carbocycles. The largest absolute Gasteiger partial charge is 0.346 e. The lowest BCUT2D eigenvalue weighted by Crippen LogP contribution is -2.22. The van der Waals surface area contributed by atoms with E-state index in [1.54, 1.807) is 24.4 Å². The number of nitrogens with one attached hydrogen (secondary N) is 1. The fraction of sp³-hybridized carbons (Fsp3) is 0.0714. The number of hydrogen-bond acceptors (Lipinski definition) is 4. The number of hydrogen-bond donors (Lipinski definition) is 1. The second kappa shape index (κ2) is 5.75. The third kappa shape index (κ3) is 2.72. The van der Waals surface area contributed by atoms with Gasteiger partial charge >= 0.3 is 0 Å². The predicted octanol–water partition coefficient (Wildman–Crippen LogP) is 3.41. The Balaban J connectivity index is 1.85. The highest BCUT2D eigenvalue weighted by atomic mass is 35.5. The van der Waals surface area contributed by atoms with Crippen LogP contribution >= 0.6 is 22.9 Å². The van der Waals surface area contributed by atoms with E-state index in [1.807, 2.05) is 0 Å². The summed E-state index contributed by atoms with van der Waals surface area (Å²) in [5.74, 6) is -0.775. The van der Waals surface area contributed by atoms with Crippen LogP contribution in [0.3, 0.4) is 0 Å². The van der Waals surface area contributed by atoms with Gasteiger partial charge in [0.05, 0.1) is 17.3 Å². The van der Waals surface area contributed by atoms with E-state index in [0.717, 1.165) is 11.3 Å². The first-order chi connectivity index (χ1) is 10.2. The van der Waals surface area contributed by atoms with Crippen LogP contribution in [0.15, 0.2) is 36.8 Å². The Labute approximate surface area is 128 Å². The molecule has 0 radical (unpaired) electrons. The van der Waals surface area contributed by atoms with Crippen LogP contribution in [0.4, 0.5) is 4.39 Å². The lowest BCUT2D eigenvalue weighted by Gasteiger charge is -2.03. The van der Waals surface area contributed by atoms with Crippen molar-refractivity contribution in [1.29, 1.82) is 0 Å². The first-order valence-corrected chi connectivity index (χ1v) is 7.26. The van der Waals surface area contributed by atoms with Crippen molar-refractivity contribution in [2.24, 2.45) is 0 Å². The summed E-state index contributed by atoms with van der Waals surface area (Å²) in [5.41, 5.74) is 0.682. The van der Waals surface area contributed by atoms with Gasteiger partial charge in [-0.1, -0.05) is 17.7 Å². The molecule has 0 fully saturated rings. The van der Waals surface area contributed by atoms with Crippen molar-refractivity contribution in [1.82, 2.24) is 15.3 Å². The van der Waals surface area contributed by atoms with E-state index < -0.39 is 5.82 Å². The van der Waals surface area contributed by atoms with Crippen molar-refractivity contribution < 1.29 is 9.18 Å². The monoisotopic (exact) mass is 321 g/mol. The molecule has 1 N–H and O–H groups in total. The van der Waals surface area contributed by atoms with Crippen LogP contribution in [0.25, 0.3) is 10.1 Å². The zero-order valence-electron chi connectivity index (χ0n) is 10.6. The average Bonchev–Trinajstić information content (AvgIpc) is 2.84. The van der Waals surface area contributed by atoms with E-state index in [4.69, 9.17) is 11.6 Å². The Morgan fingerprint density at radius 2 is 2.24 bits per heavy atom. The van der Waals surface area contributed by atoms with Crippen LogP contribution in [-0.4, -0.2) is 15.9 Å². The first-order valence-electron chi connectivity index (χ1n) is 6.06. The highest BCUT2D eigenvalue weighted by Gasteiger charge is 2.19. The second-order valence-corrected chi connectivity index (χ2v) is 5.67. The van der Waals surface area contributed by atoms with Crippen LogP contribution in [0.1, 0.15) is 15.4 Å². The molecular formula is C14H9ClFN3OS. The van der Waals surface area contributed by atoms with E-state index in [9.17, 15) is 9.18 Å². The molecule has 3 rings (SSSR count). The van der Waals surface area contributed by atoms with Gasteiger partial charge in [0.1, 0.15) is 17.0 Å². The van der Waals surface area contributed by atoms with E-state index >= 15 is 0 Å². The Morgan fingerprint density at radius 3 is 2.95 bits per heavy atom. The number of thiophene rings is 1. The molecule has 4 nitrogen and oxygen atoms in total. The number of rotatable bonds is 3. The summed E-state index contributed by atoms with van der Waals surface area (Å²) in [6.07, 6.45) is 3.00. The average molecular weight is 322 g/mol. The van der Waals surface area contributed by atoms with Gasteiger partial charge in [-0.3, -0.25) is 4.79 Å². The normalized spacial score (nSPS) is 10.8. The lowest BCUT2D eigenvalue weighted by molar-refractivity contribution is 0.0954. The van der Waals surface area contributed by atoms with Crippen molar-refractivity contribution in [3.8, 4) is 0 Å². The maximum atomic E-state index is 13.7. The molecule has 0 unspecified atom stereocenters. The maximum Gasteiger partial charge on any atom is 0.263 e. The molecule has 0 atom stereocenters. The van der Waals surface area contributed by atoms with Gasteiger partial charge in [0, 0.05) is 16.3 Å². The third-order valence-electron chi connectivity index (χ3n) is 2.89. The number of fused-ring (bicyclic) bond motifs is 1.